The van der Waals surface area contributed by atoms with Crippen LogP contribution in [-0.4, -0.2) is 10.8 Å². The van der Waals surface area contributed by atoms with Gasteiger partial charge in [0.1, 0.15) is 0 Å². The lowest BCUT2D eigenvalue weighted by molar-refractivity contribution is -0.384. The molecule has 86 valence electrons. The van der Waals surface area contributed by atoms with Gasteiger partial charge in [-0.05, 0) is 34.6 Å². The minimum Gasteiger partial charge on any atom is -0.279 e. The van der Waals surface area contributed by atoms with E-state index in [4.69, 9.17) is 22.5 Å². The van der Waals surface area contributed by atoms with Crippen molar-refractivity contribution >= 4 is 40.1 Å². The first-order chi connectivity index (χ1) is 7.29. The number of hydrogen-bond acceptors (Lipinski definition) is 4. The lowest BCUT2D eigenvalue weighted by Gasteiger charge is -2.04. The van der Waals surface area contributed by atoms with Gasteiger partial charge in [0.25, 0.3) is 11.6 Å². The number of hydrogen-bond donors (Lipinski definition) is 1. The Kier molecular flexibility index (Phi) is 3.91. The van der Waals surface area contributed by atoms with E-state index in [2.05, 4.69) is 0 Å². The summed E-state index contributed by atoms with van der Waals surface area (Å²) >= 11 is 10.3. The number of carbonyl (C=O) groups is 1. The van der Waals surface area contributed by atoms with E-state index in [9.17, 15) is 19.5 Å². The van der Waals surface area contributed by atoms with E-state index in [1.165, 1.54) is 12.1 Å². The molecule has 9 heteroatoms. The average molecular weight is 283 g/mol. The van der Waals surface area contributed by atoms with Crippen molar-refractivity contribution in [1.82, 2.24) is 5.09 Å². The molecule has 1 amide bonds. The summed E-state index contributed by atoms with van der Waals surface area (Å²) in [5, 5.41) is 12.2. The van der Waals surface area contributed by atoms with Crippen molar-refractivity contribution in [2.75, 3.05) is 0 Å². The molecule has 16 heavy (non-hydrogen) atoms. The number of nitrogens with one attached hydrogen (secondary N) is 1. The molecule has 1 rings (SSSR count). The zero-order valence-corrected chi connectivity index (χ0v) is 10.00. The Morgan fingerprint density at radius 1 is 1.31 bits per heavy atom. The highest BCUT2D eigenvalue weighted by Gasteiger charge is 2.18. The lowest BCUT2D eigenvalue weighted by Crippen LogP contribution is -2.16. The van der Waals surface area contributed by atoms with E-state index in [-0.39, 0.29) is 11.3 Å². The Labute approximate surface area is 99.7 Å². The van der Waals surface area contributed by atoms with Crippen molar-refractivity contribution < 1.29 is 14.3 Å². The number of benzene rings is 1. The number of nitrogens with zero attached hydrogens (tertiary/aromatic N) is 1. The van der Waals surface area contributed by atoms with Crippen molar-refractivity contribution in [2.24, 2.45) is 0 Å². The fraction of sp³-hybridized carbons (Fsp3) is 0. The summed E-state index contributed by atoms with van der Waals surface area (Å²) in [6.45, 7) is 0. The third-order valence-corrected chi connectivity index (χ3v) is 2.54. The number of carbonyl (C=O) groups excluding carboxylic acids is 1. The molecule has 0 saturated heterocycles. The Morgan fingerprint density at radius 2 is 1.81 bits per heavy atom. The number of non-ortho nitro benzene ring substituents is 1. The van der Waals surface area contributed by atoms with Crippen LogP contribution in [0.2, 0.25) is 0 Å². The van der Waals surface area contributed by atoms with Gasteiger partial charge in [0, 0.05) is 17.7 Å². The Hall–Kier alpha value is -1.10. The van der Waals surface area contributed by atoms with Gasteiger partial charge >= 0.3 is 6.00 Å². The molecule has 1 aromatic carbocycles. The van der Waals surface area contributed by atoms with Crippen LogP contribution in [-0.2, 0) is 4.57 Å². The third kappa shape index (κ3) is 3.81. The molecular formula is C7H5Cl2N2O4P. The predicted molar refractivity (Wildman–Crippen MR) is 59.9 cm³/mol. The Bertz CT molecular complexity index is 470. The zero-order valence-electron chi connectivity index (χ0n) is 7.59. The summed E-state index contributed by atoms with van der Waals surface area (Å²) in [6.07, 6.45) is 0. The normalized spacial score (nSPS) is 10.9. The van der Waals surface area contributed by atoms with Crippen LogP contribution in [0.5, 0.6) is 0 Å². The van der Waals surface area contributed by atoms with Crippen LogP contribution in [0, 0.1) is 10.1 Å². The van der Waals surface area contributed by atoms with Crippen LogP contribution < -0.4 is 5.09 Å². The number of nitro benzene ring substituents is 1. The van der Waals surface area contributed by atoms with Gasteiger partial charge in [-0.1, -0.05) is 0 Å². The maximum atomic E-state index is 11.3. The molecule has 0 aliphatic heterocycles. The number of halogens is 2. The van der Waals surface area contributed by atoms with Crippen LogP contribution >= 0.6 is 28.5 Å². The fourth-order valence-corrected chi connectivity index (χ4v) is 1.74. The highest BCUT2D eigenvalue weighted by molar-refractivity contribution is 8.07. The van der Waals surface area contributed by atoms with Crippen molar-refractivity contribution in [3.63, 3.8) is 0 Å². The molecule has 0 aliphatic rings. The second-order valence-electron chi connectivity index (χ2n) is 2.71. The topological polar surface area (TPSA) is 89.3 Å². The molecule has 0 heterocycles. The smallest absolute Gasteiger partial charge is 0.279 e. The summed E-state index contributed by atoms with van der Waals surface area (Å²) in [7, 11) is 0. The van der Waals surface area contributed by atoms with E-state index < -0.39 is 16.8 Å². The molecule has 0 unspecified atom stereocenters. The summed E-state index contributed by atoms with van der Waals surface area (Å²) in [5.41, 5.74) is -0.0800. The van der Waals surface area contributed by atoms with Crippen molar-refractivity contribution in [3.8, 4) is 0 Å². The van der Waals surface area contributed by atoms with Crippen molar-refractivity contribution in [1.29, 1.82) is 0 Å². The largest absolute Gasteiger partial charge is 0.345 e. The van der Waals surface area contributed by atoms with Crippen LogP contribution in [0.15, 0.2) is 24.3 Å². The van der Waals surface area contributed by atoms with Crippen LogP contribution in [0.25, 0.3) is 0 Å². The maximum Gasteiger partial charge on any atom is 0.345 e. The summed E-state index contributed by atoms with van der Waals surface area (Å²) in [4.78, 5) is 21.0. The zero-order chi connectivity index (χ0) is 12.3. The first kappa shape index (κ1) is 13.0. The summed E-state index contributed by atoms with van der Waals surface area (Å²) < 4.78 is 10.9. The van der Waals surface area contributed by atoms with Gasteiger partial charge < -0.3 is 0 Å². The predicted octanol–water partition coefficient (Wildman–Crippen LogP) is 2.91. The van der Waals surface area contributed by atoms with Crippen LogP contribution in [0.3, 0.4) is 0 Å². The summed E-state index contributed by atoms with van der Waals surface area (Å²) in [5.74, 6) is -4.47. The fourth-order valence-electron chi connectivity index (χ4n) is 0.917. The van der Waals surface area contributed by atoms with Gasteiger partial charge in [-0.2, -0.15) is 0 Å². The van der Waals surface area contributed by atoms with Gasteiger partial charge in [-0.3, -0.25) is 24.6 Å². The lowest BCUT2D eigenvalue weighted by atomic mass is 10.2. The molecule has 0 aromatic heterocycles. The Morgan fingerprint density at radius 3 is 2.19 bits per heavy atom. The van der Waals surface area contributed by atoms with Gasteiger partial charge in [-0.25, -0.2) is 0 Å². The van der Waals surface area contributed by atoms with E-state index in [0.29, 0.717) is 0 Å². The molecule has 0 saturated carbocycles. The van der Waals surface area contributed by atoms with E-state index in [1.807, 2.05) is 5.09 Å². The number of rotatable bonds is 3. The van der Waals surface area contributed by atoms with Crippen LogP contribution in [0.1, 0.15) is 10.4 Å². The third-order valence-electron chi connectivity index (χ3n) is 1.57. The molecular weight excluding hydrogens is 278 g/mol. The summed E-state index contributed by atoms with van der Waals surface area (Å²) in [6, 6.07) is 4.69. The first-order valence-electron chi connectivity index (χ1n) is 3.86. The maximum absolute atomic E-state index is 11.3. The second kappa shape index (κ2) is 4.82. The van der Waals surface area contributed by atoms with Gasteiger partial charge in [0.05, 0.1) is 4.92 Å². The molecule has 1 aromatic rings. The molecule has 6 nitrogen and oxygen atoms in total. The SMILES string of the molecule is O=C(NP(=O)(Cl)Cl)c1ccc([N+](=O)[O-])cc1. The Balaban J connectivity index is 2.86. The van der Waals surface area contributed by atoms with Gasteiger partial charge in [-0.15, -0.1) is 0 Å². The van der Waals surface area contributed by atoms with E-state index >= 15 is 0 Å². The number of amides is 1. The quantitative estimate of drug-likeness (QED) is 0.524. The first-order valence-corrected chi connectivity index (χ1v) is 7.38. The van der Waals surface area contributed by atoms with E-state index in [1.54, 1.807) is 0 Å². The molecule has 0 aliphatic carbocycles. The highest BCUT2D eigenvalue weighted by Crippen LogP contribution is 2.52. The monoisotopic (exact) mass is 282 g/mol. The molecule has 0 fully saturated rings. The molecule has 0 bridgehead atoms. The van der Waals surface area contributed by atoms with Crippen LogP contribution in [0.4, 0.5) is 5.69 Å². The molecule has 0 atom stereocenters. The van der Waals surface area contributed by atoms with Gasteiger partial charge in [0.2, 0.25) is 0 Å². The average Bonchev–Trinajstić information content (AvgIpc) is 2.15. The minimum absolute atomic E-state index is 0.0760. The number of nitro groups is 1. The van der Waals surface area contributed by atoms with Gasteiger partial charge in [0.15, 0.2) is 0 Å². The standard InChI is InChI=1S/C7H5Cl2N2O4P/c8-16(9,15)10-7(12)5-1-3-6(4-2-5)11(13)14/h1-4H,(H,10,12,15). The van der Waals surface area contributed by atoms with Crippen molar-refractivity contribution in [2.45, 2.75) is 0 Å². The highest BCUT2D eigenvalue weighted by atomic mass is 35.9. The van der Waals surface area contributed by atoms with E-state index in [0.717, 1.165) is 12.1 Å². The minimum atomic E-state index is -3.71. The second-order valence-corrected chi connectivity index (χ2v) is 7.23. The molecule has 1 N–H and O–H groups in total. The van der Waals surface area contributed by atoms with Crippen molar-refractivity contribution in [3.05, 3.63) is 39.9 Å². The molecule has 0 spiro atoms. The molecule has 0 radical (unpaired) electrons.